The van der Waals surface area contributed by atoms with Gasteiger partial charge in [0.25, 0.3) is 0 Å². The van der Waals surface area contributed by atoms with Gasteiger partial charge in [-0.25, -0.2) is 0 Å². The third-order valence-electron chi connectivity index (χ3n) is 3.62. The van der Waals surface area contributed by atoms with Crippen LogP contribution in [0.4, 0.5) is 0 Å². The first kappa shape index (κ1) is 16.2. The second-order valence-electron chi connectivity index (χ2n) is 5.98. The van der Waals surface area contributed by atoms with Crippen LogP contribution in [0.1, 0.15) is 19.4 Å². The van der Waals surface area contributed by atoms with Crippen molar-refractivity contribution in [1.82, 2.24) is 0 Å². The minimum Gasteiger partial charge on any atom is -0.497 e. The Bertz CT molecular complexity index is 430. The highest BCUT2D eigenvalue weighted by atomic mass is 16.7. The van der Waals surface area contributed by atoms with Crippen molar-refractivity contribution in [1.29, 1.82) is 0 Å². The molecule has 5 nitrogen and oxygen atoms in total. The molecule has 0 spiro atoms. The average molecular weight is 296 g/mol. The maximum Gasteiger partial charge on any atom is 0.162 e. The van der Waals surface area contributed by atoms with Gasteiger partial charge in [0.1, 0.15) is 5.75 Å². The molecule has 0 aromatic heterocycles. The summed E-state index contributed by atoms with van der Waals surface area (Å²) in [5.74, 6) is 0.233. The number of rotatable bonds is 6. The normalized spacial score (nSPS) is 20.2. The Morgan fingerprint density at radius 2 is 1.76 bits per heavy atom. The van der Waals surface area contributed by atoms with Crippen LogP contribution in [0.15, 0.2) is 24.3 Å². The highest BCUT2D eigenvalue weighted by molar-refractivity contribution is 5.26. The van der Waals surface area contributed by atoms with E-state index in [1.54, 1.807) is 7.11 Å². The summed E-state index contributed by atoms with van der Waals surface area (Å²) >= 11 is 0. The molecule has 0 radical (unpaired) electrons. The number of benzene rings is 1. The molecule has 1 fully saturated rings. The first-order chi connectivity index (χ1) is 9.99. The molecule has 0 bridgehead atoms. The second kappa shape index (κ2) is 6.75. The zero-order valence-electron chi connectivity index (χ0n) is 12.9. The van der Waals surface area contributed by atoms with Crippen LogP contribution in [0.2, 0.25) is 0 Å². The Kier molecular flexibility index (Phi) is 5.22. The lowest BCUT2D eigenvalue weighted by atomic mass is 9.91. The summed E-state index contributed by atoms with van der Waals surface area (Å²) < 4.78 is 22.1. The number of methoxy groups -OCH3 is 1. The molecule has 0 atom stereocenters. The molecule has 0 aliphatic carbocycles. The Morgan fingerprint density at radius 1 is 1.14 bits per heavy atom. The summed E-state index contributed by atoms with van der Waals surface area (Å²) in [4.78, 5) is 0. The summed E-state index contributed by atoms with van der Waals surface area (Å²) in [6.45, 7) is 5.45. The van der Waals surface area contributed by atoms with Crippen molar-refractivity contribution in [2.24, 2.45) is 5.41 Å². The van der Waals surface area contributed by atoms with Gasteiger partial charge >= 0.3 is 0 Å². The van der Waals surface area contributed by atoms with E-state index in [0.717, 1.165) is 11.3 Å². The highest BCUT2D eigenvalue weighted by Crippen LogP contribution is 2.30. The zero-order valence-corrected chi connectivity index (χ0v) is 12.9. The molecule has 118 valence electrons. The lowest BCUT2D eigenvalue weighted by Crippen LogP contribution is -2.50. The average Bonchev–Trinajstić information content (AvgIpc) is 2.50. The van der Waals surface area contributed by atoms with Gasteiger partial charge in [0.05, 0.1) is 45.6 Å². The summed E-state index contributed by atoms with van der Waals surface area (Å²) in [7, 11) is 1.64. The van der Waals surface area contributed by atoms with Crippen LogP contribution in [0.3, 0.4) is 0 Å². The van der Waals surface area contributed by atoms with E-state index in [4.69, 9.17) is 18.9 Å². The lowest BCUT2D eigenvalue weighted by Gasteiger charge is -2.42. The van der Waals surface area contributed by atoms with Crippen molar-refractivity contribution in [2.75, 3.05) is 33.5 Å². The Balaban J connectivity index is 1.83. The molecule has 1 aliphatic rings. The van der Waals surface area contributed by atoms with Crippen LogP contribution in [-0.2, 0) is 20.8 Å². The number of aliphatic hydroxyl groups excluding tert-OH is 1. The van der Waals surface area contributed by atoms with Crippen LogP contribution >= 0.6 is 0 Å². The van der Waals surface area contributed by atoms with Gasteiger partial charge in [-0.3, -0.25) is 0 Å². The fraction of sp³-hybridized carbons (Fsp3) is 0.625. The standard InChI is InChI=1S/C16H24O5/c1-15(2)20-11-16(9-17,12-21-15)10-19-8-13-4-6-14(18-3)7-5-13/h4-7,17H,8-12H2,1-3H3. The molecule has 1 N–H and O–H groups in total. The molecule has 1 aromatic carbocycles. The SMILES string of the molecule is COc1ccc(COCC2(CO)COC(C)(C)OC2)cc1. The van der Waals surface area contributed by atoms with Crippen LogP contribution in [0, 0.1) is 5.41 Å². The van der Waals surface area contributed by atoms with Gasteiger partial charge in [-0.1, -0.05) is 12.1 Å². The minimum absolute atomic E-state index is 0.0221. The third kappa shape index (κ3) is 4.41. The summed E-state index contributed by atoms with van der Waals surface area (Å²) in [6, 6.07) is 7.72. The molecule has 2 rings (SSSR count). The molecule has 0 amide bonds. The van der Waals surface area contributed by atoms with Crippen LogP contribution in [0.5, 0.6) is 5.75 Å². The molecule has 0 saturated carbocycles. The van der Waals surface area contributed by atoms with Crippen molar-refractivity contribution in [3.8, 4) is 5.75 Å². The van der Waals surface area contributed by atoms with Gasteiger partial charge in [0.2, 0.25) is 0 Å². The van der Waals surface area contributed by atoms with E-state index in [1.165, 1.54) is 0 Å². The largest absolute Gasteiger partial charge is 0.497 e. The number of hydrogen-bond donors (Lipinski definition) is 1. The van der Waals surface area contributed by atoms with Gasteiger partial charge in [0, 0.05) is 0 Å². The summed E-state index contributed by atoms with van der Waals surface area (Å²) in [5.41, 5.74) is 0.573. The number of aliphatic hydroxyl groups is 1. The van der Waals surface area contributed by atoms with E-state index in [9.17, 15) is 5.11 Å². The third-order valence-corrected chi connectivity index (χ3v) is 3.62. The first-order valence-corrected chi connectivity index (χ1v) is 7.08. The van der Waals surface area contributed by atoms with Crippen molar-refractivity contribution in [3.05, 3.63) is 29.8 Å². The van der Waals surface area contributed by atoms with Gasteiger partial charge in [-0.05, 0) is 31.5 Å². The van der Waals surface area contributed by atoms with Gasteiger partial charge < -0.3 is 24.1 Å². The maximum absolute atomic E-state index is 9.62. The minimum atomic E-state index is -0.589. The Morgan fingerprint density at radius 3 is 2.29 bits per heavy atom. The zero-order chi connectivity index (χ0) is 15.3. The number of ether oxygens (including phenoxy) is 4. The first-order valence-electron chi connectivity index (χ1n) is 7.08. The molecular weight excluding hydrogens is 272 g/mol. The van der Waals surface area contributed by atoms with E-state index in [2.05, 4.69) is 0 Å². The van der Waals surface area contributed by atoms with Crippen molar-refractivity contribution in [2.45, 2.75) is 26.2 Å². The fourth-order valence-corrected chi connectivity index (χ4v) is 2.06. The van der Waals surface area contributed by atoms with Gasteiger partial charge in [-0.2, -0.15) is 0 Å². The van der Waals surface area contributed by atoms with Crippen molar-refractivity contribution >= 4 is 0 Å². The predicted molar refractivity (Wildman–Crippen MR) is 78.2 cm³/mol. The van der Waals surface area contributed by atoms with E-state index < -0.39 is 11.2 Å². The lowest BCUT2D eigenvalue weighted by molar-refractivity contribution is -0.297. The van der Waals surface area contributed by atoms with E-state index in [-0.39, 0.29) is 6.61 Å². The fourth-order valence-electron chi connectivity index (χ4n) is 2.06. The molecule has 1 saturated heterocycles. The predicted octanol–water partition coefficient (Wildman–Crippen LogP) is 1.97. The van der Waals surface area contributed by atoms with E-state index in [1.807, 2.05) is 38.1 Å². The summed E-state index contributed by atoms with van der Waals surface area (Å²) in [6.07, 6.45) is 0. The molecular formula is C16H24O5. The topological polar surface area (TPSA) is 57.2 Å². The summed E-state index contributed by atoms with van der Waals surface area (Å²) in [5, 5.41) is 9.62. The molecule has 0 unspecified atom stereocenters. The Labute approximate surface area is 125 Å². The monoisotopic (exact) mass is 296 g/mol. The molecule has 5 heteroatoms. The van der Waals surface area contributed by atoms with Crippen molar-refractivity contribution in [3.63, 3.8) is 0 Å². The van der Waals surface area contributed by atoms with Crippen molar-refractivity contribution < 1.29 is 24.1 Å². The molecule has 1 aromatic rings. The van der Waals surface area contributed by atoms with Crippen LogP contribution in [-0.4, -0.2) is 44.4 Å². The van der Waals surface area contributed by atoms with Gasteiger partial charge in [0.15, 0.2) is 5.79 Å². The van der Waals surface area contributed by atoms with E-state index >= 15 is 0 Å². The molecule has 1 aliphatic heterocycles. The van der Waals surface area contributed by atoms with Crippen LogP contribution in [0.25, 0.3) is 0 Å². The maximum atomic E-state index is 9.62. The quantitative estimate of drug-likeness (QED) is 0.870. The molecule has 1 heterocycles. The van der Waals surface area contributed by atoms with Crippen LogP contribution < -0.4 is 4.74 Å². The highest BCUT2D eigenvalue weighted by Gasteiger charge is 2.40. The smallest absolute Gasteiger partial charge is 0.162 e. The van der Waals surface area contributed by atoms with Gasteiger partial charge in [-0.15, -0.1) is 0 Å². The second-order valence-corrected chi connectivity index (χ2v) is 5.98. The van der Waals surface area contributed by atoms with E-state index in [0.29, 0.717) is 26.4 Å². The Hall–Kier alpha value is -1.14. The molecule has 21 heavy (non-hydrogen) atoms. The number of hydrogen-bond acceptors (Lipinski definition) is 5.